The molecule has 0 unspecified atom stereocenters. The molecule has 1 aliphatic heterocycles. The highest BCUT2D eigenvalue weighted by molar-refractivity contribution is 7.92. The molecular formula is C24H25F5N2O8S. The Labute approximate surface area is 225 Å². The van der Waals surface area contributed by atoms with Crippen LogP contribution in [0.1, 0.15) is 27.2 Å². The van der Waals surface area contributed by atoms with Crippen LogP contribution >= 0.6 is 0 Å². The van der Waals surface area contributed by atoms with Crippen LogP contribution in [-0.4, -0.2) is 56.6 Å². The van der Waals surface area contributed by atoms with Crippen molar-refractivity contribution in [2.45, 2.75) is 56.6 Å². The number of alkyl halides is 5. The molecule has 2 N–H and O–H groups in total. The normalized spacial score (nSPS) is 16.5. The quantitative estimate of drug-likeness (QED) is 0.376. The molecule has 220 valence electrons. The number of nitrogens with one attached hydrogen (secondary N) is 1. The summed E-state index contributed by atoms with van der Waals surface area (Å²) in [6.07, 6.45) is -7.40. The number of rotatable bonds is 9. The van der Waals surface area contributed by atoms with Gasteiger partial charge in [-0.2, -0.15) is 22.0 Å². The summed E-state index contributed by atoms with van der Waals surface area (Å²) in [5.41, 5.74) is -3.15. The first-order chi connectivity index (χ1) is 18.4. The number of aliphatic carboxylic acids is 1. The summed E-state index contributed by atoms with van der Waals surface area (Å²) in [6.45, 7) is -0.953. The molecule has 0 aromatic heterocycles. The van der Waals surface area contributed by atoms with Gasteiger partial charge >= 0.3 is 24.9 Å². The molecule has 1 heterocycles. The number of halogens is 5. The lowest BCUT2D eigenvalue weighted by Gasteiger charge is -2.36. The summed E-state index contributed by atoms with van der Waals surface area (Å²) in [6, 6.07) is 7.83. The molecule has 10 nitrogen and oxygen atoms in total. The number of benzene rings is 2. The number of carboxylic acids is 1. The number of hydrogen-bond donors (Lipinski definition) is 2. The van der Waals surface area contributed by atoms with Gasteiger partial charge in [-0.25, -0.2) is 13.2 Å². The molecule has 1 amide bonds. The second-order valence-corrected chi connectivity index (χ2v) is 11.2. The summed E-state index contributed by atoms with van der Waals surface area (Å²) in [4.78, 5) is 23.1. The van der Waals surface area contributed by atoms with E-state index in [0.717, 1.165) is 28.6 Å². The van der Waals surface area contributed by atoms with E-state index in [1.54, 1.807) is 0 Å². The molecule has 2 aromatic rings. The predicted molar refractivity (Wildman–Crippen MR) is 130 cm³/mol. The third-order valence-corrected chi connectivity index (χ3v) is 7.60. The van der Waals surface area contributed by atoms with Crippen LogP contribution in [-0.2, 0) is 19.6 Å². The fourth-order valence-corrected chi connectivity index (χ4v) is 5.14. The van der Waals surface area contributed by atoms with Gasteiger partial charge in [0.2, 0.25) is 5.60 Å². The van der Waals surface area contributed by atoms with Crippen LogP contribution in [0.25, 0.3) is 0 Å². The van der Waals surface area contributed by atoms with E-state index in [9.17, 15) is 45.1 Å². The lowest BCUT2D eigenvalue weighted by atomic mass is 10.0. The minimum atomic E-state index is -4.87. The molecule has 0 aliphatic carbocycles. The van der Waals surface area contributed by atoms with Gasteiger partial charge in [0.05, 0.1) is 23.0 Å². The zero-order valence-electron chi connectivity index (χ0n) is 21.2. The molecule has 0 saturated heterocycles. The highest BCUT2D eigenvalue weighted by atomic mass is 32.2. The molecule has 3 rings (SSSR count). The molecule has 0 bridgehead atoms. The van der Waals surface area contributed by atoms with Crippen LogP contribution in [0.5, 0.6) is 11.5 Å². The Balaban J connectivity index is 2.00. The van der Waals surface area contributed by atoms with Crippen LogP contribution in [0.3, 0.4) is 0 Å². The minimum Gasteiger partial charge on any atom is -0.486 e. The molecule has 16 heteroatoms. The van der Waals surface area contributed by atoms with Gasteiger partial charge in [-0.1, -0.05) is 13.0 Å². The van der Waals surface area contributed by atoms with Crippen LogP contribution in [0, 0.1) is 5.92 Å². The van der Waals surface area contributed by atoms with Crippen LogP contribution in [0.15, 0.2) is 47.4 Å². The predicted octanol–water partition coefficient (Wildman–Crippen LogP) is 5.24. The van der Waals surface area contributed by atoms with Gasteiger partial charge < -0.3 is 19.3 Å². The maximum Gasteiger partial charge on any atom is 0.427 e. The standard InChI is InChI=1S/C24H25F5N2O8S/c1-13(20(32)33)9-16-12-31(40(35,36)17-6-4-5-15(11-17)38-21(25)26)18-10-14(7-8-19(18)37-16)30-22(34)39-23(2,3)24(27,28)29/h4-8,10-11,13,16,21H,9,12H2,1-3H3,(H,30,34)(H,32,33)/t13-,16-/m0/s1. The van der Waals surface area contributed by atoms with Crippen molar-refractivity contribution in [2.24, 2.45) is 5.92 Å². The van der Waals surface area contributed by atoms with E-state index < -0.39 is 69.7 Å². The summed E-state index contributed by atoms with van der Waals surface area (Å²) in [7, 11) is -4.53. The molecular weight excluding hydrogens is 571 g/mol. The van der Waals surface area contributed by atoms with Gasteiger partial charge in [-0.15, -0.1) is 0 Å². The average Bonchev–Trinajstić information content (AvgIpc) is 2.82. The van der Waals surface area contributed by atoms with Crippen molar-refractivity contribution in [3.8, 4) is 11.5 Å². The summed E-state index contributed by atoms with van der Waals surface area (Å²) in [5.74, 6) is -2.56. The first-order valence-electron chi connectivity index (χ1n) is 11.6. The summed E-state index contributed by atoms with van der Waals surface area (Å²) >= 11 is 0. The van der Waals surface area contributed by atoms with Crippen LogP contribution < -0.4 is 19.1 Å². The van der Waals surface area contributed by atoms with E-state index in [1.807, 2.05) is 0 Å². The van der Waals surface area contributed by atoms with Crippen LogP contribution in [0.2, 0.25) is 0 Å². The van der Waals surface area contributed by atoms with Crippen molar-refractivity contribution in [3.63, 3.8) is 0 Å². The molecule has 2 atom stereocenters. The molecule has 0 radical (unpaired) electrons. The Bertz CT molecular complexity index is 1370. The lowest BCUT2D eigenvalue weighted by Crippen LogP contribution is -2.45. The number of sulfonamides is 1. The number of nitrogens with zero attached hydrogens (tertiary/aromatic N) is 1. The van der Waals surface area contributed by atoms with Crippen molar-refractivity contribution in [3.05, 3.63) is 42.5 Å². The molecule has 2 aromatic carbocycles. The highest BCUT2D eigenvalue weighted by Gasteiger charge is 2.51. The van der Waals surface area contributed by atoms with E-state index in [2.05, 4.69) is 14.8 Å². The van der Waals surface area contributed by atoms with E-state index in [-0.39, 0.29) is 23.5 Å². The Kier molecular flexibility index (Phi) is 8.71. The number of hydrogen-bond acceptors (Lipinski definition) is 7. The zero-order chi connectivity index (χ0) is 30.0. The van der Waals surface area contributed by atoms with E-state index in [0.29, 0.717) is 13.8 Å². The van der Waals surface area contributed by atoms with Crippen molar-refractivity contribution in [1.29, 1.82) is 0 Å². The van der Waals surface area contributed by atoms with Gasteiger partial charge in [-0.3, -0.25) is 14.4 Å². The smallest absolute Gasteiger partial charge is 0.427 e. The largest absolute Gasteiger partial charge is 0.486 e. The lowest BCUT2D eigenvalue weighted by molar-refractivity contribution is -0.242. The second-order valence-electron chi connectivity index (χ2n) is 9.31. The Morgan fingerprint density at radius 1 is 1.18 bits per heavy atom. The number of amides is 1. The SMILES string of the molecule is C[C@@H](C[C@H]1CN(S(=O)(=O)c2cccc(OC(F)F)c2)c2cc(NC(=O)OC(C)(C)C(F)(F)F)ccc2O1)C(=O)O. The fourth-order valence-electron chi connectivity index (χ4n) is 3.61. The molecule has 0 spiro atoms. The van der Waals surface area contributed by atoms with E-state index in [4.69, 9.17) is 4.74 Å². The highest BCUT2D eigenvalue weighted by Crippen LogP contribution is 2.41. The fraction of sp³-hybridized carbons (Fsp3) is 0.417. The molecule has 40 heavy (non-hydrogen) atoms. The number of fused-ring (bicyclic) bond motifs is 1. The van der Waals surface area contributed by atoms with Crippen LogP contribution in [0.4, 0.5) is 38.1 Å². The van der Waals surface area contributed by atoms with Crippen molar-refractivity contribution >= 4 is 33.5 Å². The zero-order valence-corrected chi connectivity index (χ0v) is 22.1. The number of anilines is 2. The monoisotopic (exact) mass is 596 g/mol. The van der Waals surface area contributed by atoms with Gasteiger partial charge in [0.25, 0.3) is 10.0 Å². The van der Waals surface area contributed by atoms with Gasteiger partial charge in [-0.05, 0) is 50.6 Å². The third kappa shape index (κ3) is 7.03. The Morgan fingerprint density at radius 2 is 1.85 bits per heavy atom. The molecule has 1 aliphatic rings. The van der Waals surface area contributed by atoms with Crippen molar-refractivity contribution in [2.75, 3.05) is 16.2 Å². The molecule has 0 saturated carbocycles. The number of carboxylic acid groups (broad SMARTS) is 1. The maximum atomic E-state index is 13.7. The topological polar surface area (TPSA) is 131 Å². The number of ether oxygens (including phenoxy) is 3. The maximum absolute atomic E-state index is 13.7. The molecule has 0 fully saturated rings. The van der Waals surface area contributed by atoms with Gasteiger partial charge in [0.15, 0.2) is 0 Å². The summed E-state index contributed by atoms with van der Waals surface area (Å²) < 4.78 is 107. The second kappa shape index (κ2) is 11.3. The van der Waals surface area contributed by atoms with Gasteiger partial charge in [0, 0.05) is 11.8 Å². The van der Waals surface area contributed by atoms with Crippen molar-refractivity contribution < 1.29 is 59.3 Å². The van der Waals surface area contributed by atoms with E-state index >= 15 is 0 Å². The average molecular weight is 597 g/mol. The van der Waals surface area contributed by atoms with Crippen molar-refractivity contribution in [1.82, 2.24) is 0 Å². The Morgan fingerprint density at radius 3 is 2.45 bits per heavy atom. The third-order valence-electron chi connectivity index (χ3n) is 5.82. The van der Waals surface area contributed by atoms with E-state index in [1.165, 1.54) is 25.1 Å². The Hall–Kier alpha value is -3.82. The first-order valence-corrected chi connectivity index (χ1v) is 13.0. The number of carbonyl (C=O) groups excluding carboxylic acids is 1. The minimum absolute atomic E-state index is 0.0491. The number of carbonyl (C=O) groups is 2. The summed E-state index contributed by atoms with van der Waals surface area (Å²) in [5, 5.41) is 11.4. The first kappa shape index (κ1) is 30.7. The van der Waals surface area contributed by atoms with Gasteiger partial charge in [0.1, 0.15) is 17.6 Å².